The largest absolute Gasteiger partial charge is 0.450 e. The van der Waals surface area contributed by atoms with Gasteiger partial charge in [-0.25, -0.2) is 0 Å². The number of hydrogen-bond donors (Lipinski definition) is 1. The number of fused-ring (bicyclic) bond motifs is 1. The summed E-state index contributed by atoms with van der Waals surface area (Å²) in [6, 6.07) is 7.88. The first kappa shape index (κ1) is 14.6. The molecule has 3 rings (SSSR count). The van der Waals surface area contributed by atoms with E-state index in [9.17, 15) is 4.79 Å². The molecule has 0 spiro atoms. The molecule has 1 fully saturated rings. The van der Waals surface area contributed by atoms with Crippen LogP contribution >= 0.6 is 15.9 Å². The van der Waals surface area contributed by atoms with Crippen molar-refractivity contribution in [1.29, 1.82) is 0 Å². The Kier molecular flexibility index (Phi) is 4.31. The number of halogens is 1. The van der Waals surface area contributed by atoms with Crippen LogP contribution in [0.25, 0.3) is 11.0 Å². The highest BCUT2D eigenvalue weighted by molar-refractivity contribution is 9.10. The lowest BCUT2D eigenvalue weighted by atomic mass is 9.99. The molecule has 1 aromatic carbocycles. The van der Waals surface area contributed by atoms with Gasteiger partial charge in [0.15, 0.2) is 5.76 Å². The van der Waals surface area contributed by atoms with Crippen LogP contribution in [-0.2, 0) is 0 Å². The number of para-hydroxylation sites is 1. The van der Waals surface area contributed by atoms with Crippen LogP contribution in [0.3, 0.4) is 0 Å². The van der Waals surface area contributed by atoms with Crippen molar-refractivity contribution >= 4 is 32.8 Å². The Morgan fingerprint density at radius 2 is 2.29 bits per heavy atom. The second kappa shape index (κ2) is 6.20. The van der Waals surface area contributed by atoms with Gasteiger partial charge in [-0.2, -0.15) is 0 Å². The number of benzene rings is 1. The van der Waals surface area contributed by atoms with E-state index in [0.717, 1.165) is 41.2 Å². The zero-order chi connectivity index (χ0) is 14.8. The normalized spacial score (nSPS) is 19.1. The number of rotatable bonds is 3. The number of nitrogens with zero attached hydrogens (tertiary/aromatic N) is 1. The Balaban J connectivity index is 1.90. The van der Waals surface area contributed by atoms with Crippen molar-refractivity contribution in [3.05, 3.63) is 34.5 Å². The van der Waals surface area contributed by atoms with Gasteiger partial charge >= 0.3 is 0 Å². The van der Waals surface area contributed by atoms with Crippen LogP contribution in [0.5, 0.6) is 0 Å². The molecule has 1 saturated heterocycles. The van der Waals surface area contributed by atoms with Crippen LogP contribution < -0.4 is 5.73 Å². The van der Waals surface area contributed by atoms with E-state index in [1.54, 1.807) is 0 Å². The Bertz CT molecular complexity index is 651. The highest BCUT2D eigenvalue weighted by Gasteiger charge is 2.28. The quantitative estimate of drug-likeness (QED) is 0.920. The maximum absolute atomic E-state index is 12.7. The van der Waals surface area contributed by atoms with Gasteiger partial charge in [-0.3, -0.25) is 4.79 Å². The van der Waals surface area contributed by atoms with Gasteiger partial charge in [0.1, 0.15) is 5.58 Å². The van der Waals surface area contributed by atoms with E-state index in [0.29, 0.717) is 12.3 Å². The topological polar surface area (TPSA) is 59.5 Å². The lowest BCUT2D eigenvalue weighted by molar-refractivity contribution is 0.0575. The molecule has 1 amide bonds. The summed E-state index contributed by atoms with van der Waals surface area (Å²) in [6.45, 7) is 1.40. The number of furan rings is 1. The molecule has 0 aliphatic carbocycles. The molecular formula is C16H19BrN2O2. The third kappa shape index (κ3) is 2.85. The fourth-order valence-corrected chi connectivity index (χ4v) is 3.50. The summed E-state index contributed by atoms with van der Waals surface area (Å²) in [5.74, 6) is 0.400. The van der Waals surface area contributed by atoms with E-state index in [-0.39, 0.29) is 11.9 Å². The van der Waals surface area contributed by atoms with Crippen molar-refractivity contribution in [2.45, 2.75) is 31.7 Å². The molecule has 1 aliphatic heterocycles. The van der Waals surface area contributed by atoms with Crippen LogP contribution in [0, 0.1) is 0 Å². The predicted molar refractivity (Wildman–Crippen MR) is 86.3 cm³/mol. The standard InChI is InChI=1S/C16H19BrN2O2/c17-13-6-3-4-11-10-14(21-15(11)13)16(20)19-9-2-1-5-12(19)7-8-18/h3-4,6,10,12H,1-2,5,7-9,18H2. The van der Waals surface area contributed by atoms with Crippen LogP contribution in [0.4, 0.5) is 0 Å². The number of carbonyl (C=O) groups is 1. The van der Waals surface area contributed by atoms with Gasteiger partial charge in [-0.05, 0) is 60.3 Å². The van der Waals surface area contributed by atoms with Gasteiger partial charge in [0.25, 0.3) is 5.91 Å². The third-order valence-corrected chi connectivity index (χ3v) is 4.72. The van der Waals surface area contributed by atoms with Crippen molar-refractivity contribution in [3.8, 4) is 0 Å². The van der Waals surface area contributed by atoms with Crippen molar-refractivity contribution in [2.24, 2.45) is 5.73 Å². The first-order valence-corrected chi connectivity index (χ1v) is 8.19. The Labute approximate surface area is 132 Å². The van der Waals surface area contributed by atoms with Crippen molar-refractivity contribution in [3.63, 3.8) is 0 Å². The number of hydrogen-bond acceptors (Lipinski definition) is 3. The summed E-state index contributed by atoms with van der Waals surface area (Å²) in [4.78, 5) is 14.7. The Hall–Kier alpha value is -1.33. The molecule has 0 saturated carbocycles. The average molecular weight is 351 g/mol. The highest BCUT2D eigenvalue weighted by atomic mass is 79.9. The lowest BCUT2D eigenvalue weighted by Gasteiger charge is -2.35. The van der Waals surface area contributed by atoms with Gasteiger partial charge in [0, 0.05) is 18.0 Å². The van der Waals surface area contributed by atoms with Crippen molar-refractivity contribution in [1.82, 2.24) is 4.90 Å². The Morgan fingerprint density at radius 3 is 3.05 bits per heavy atom. The molecule has 2 N–H and O–H groups in total. The third-order valence-electron chi connectivity index (χ3n) is 4.09. The number of carbonyl (C=O) groups excluding carboxylic acids is 1. The fourth-order valence-electron chi connectivity index (χ4n) is 3.03. The predicted octanol–water partition coefficient (Wildman–Crippen LogP) is 3.54. The van der Waals surface area contributed by atoms with E-state index in [1.165, 1.54) is 6.42 Å². The fraction of sp³-hybridized carbons (Fsp3) is 0.438. The smallest absolute Gasteiger partial charge is 0.289 e. The maximum atomic E-state index is 12.7. The Morgan fingerprint density at radius 1 is 1.43 bits per heavy atom. The highest BCUT2D eigenvalue weighted by Crippen LogP contribution is 2.29. The monoisotopic (exact) mass is 350 g/mol. The lowest BCUT2D eigenvalue weighted by Crippen LogP contribution is -2.44. The number of likely N-dealkylation sites (tertiary alicyclic amines) is 1. The maximum Gasteiger partial charge on any atom is 0.289 e. The summed E-state index contributed by atoms with van der Waals surface area (Å²) in [6.07, 6.45) is 4.11. The van der Waals surface area contributed by atoms with E-state index >= 15 is 0 Å². The van der Waals surface area contributed by atoms with E-state index in [2.05, 4.69) is 15.9 Å². The van der Waals surface area contributed by atoms with Gasteiger partial charge in [0.2, 0.25) is 0 Å². The van der Waals surface area contributed by atoms with Crippen molar-refractivity contribution < 1.29 is 9.21 Å². The van der Waals surface area contributed by atoms with Crippen LogP contribution in [0.1, 0.15) is 36.2 Å². The van der Waals surface area contributed by atoms with Gasteiger partial charge in [-0.1, -0.05) is 12.1 Å². The summed E-state index contributed by atoms with van der Waals surface area (Å²) in [7, 11) is 0. The average Bonchev–Trinajstić information content (AvgIpc) is 2.93. The van der Waals surface area contributed by atoms with Gasteiger partial charge in [0.05, 0.1) is 4.47 Å². The zero-order valence-electron chi connectivity index (χ0n) is 11.8. The van der Waals surface area contributed by atoms with Crippen LogP contribution in [-0.4, -0.2) is 29.9 Å². The molecule has 21 heavy (non-hydrogen) atoms. The molecule has 0 radical (unpaired) electrons. The van der Waals surface area contributed by atoms with E-state index in [4.69, 9.17) is 10.2 Å². The number of amides is 1. The molecule has 1 aromatic heterocycles. The van der Waals surface area contributed by atoms with E-state index in [1.807, 2.05) is 29.2 Å². The van der Waals surface area contributed by atoms with Crippen LogP contribution in [0.15, 0.2) is 33.2 Å². The summed E-state index contributed by atoms with van der Waals surface area (Å²) < 4.78 is 6.64. The number of nitrogens with two attached hydrogens (primary N) is 1. The minimum absolute atomic E-state index is 0.0174. The molecule has 2 heterocycles. The molecule has 5 heteroatoms. The molecular weight excluding hydrogens is 332 g/mol. The molecule has 4 nitrogen and oxygen atoms in total. The summed E-state index contributed by atoms with van der Waals surface area (Å²) in [5.41, 5.74) is 6.40. The first-order valence-electron chi connectivity index (χ1n) is 7.40. The molecule has 1 aliphatic rings. The zero-order valence-corrected chi connectivity index (χ0v) is 13.4. The van der Waals surface area contributed by atoms with Gasteiger partial charge < -0.3 is 15.1 Å². The minimum Gasteiger partial charge on any atom is -0.450 e. The second-order valence-corrected chi connectivity index (χ2v) is 6.35. The minimum atomic E-state index is -0.0174. The molecule has 1 unspecified atom stereocenters. The molecule has 1 atom stereocenters. The molecule has 0 bridgehead atoms. The molecule has 112 valence electrons. The summed E-state index contributed by atoms with van der Waals surface area (Å²) in [5, 5.41) is 0.945. The summed E-state index contributed by atoms with van der Waals surface area (Å²) >= 11 is 3.46. The first-order chi connectivity index (χ1) is 10.2. The van der Waals surface area contributed by atoms with Crippen LogP contribution in [0.2, 0.25) is 0 Å². The van der Waals surface area contributed by atoms with Gasteiger partial charge in [-0.15, -0.1) is 0 Å². The SMILES string of the molecule is NCCC1CCCCN1C(=O)c1cc2cccc(Br)c2o1. The second-order valence-electron chi connectivity index (χ2n) is 5.49. The molecule has 2 aromatic rings. The van der Waals surface area contributed by atoms with Crippen molar-refractivity contribution in [2.75, 3.05) is 13.1 Å². The number of piperidine rings is 1. The van der Waals surface area contributed by atoms with E-state index < -0.39 is 0 Å².